The summed E-state index contributed by atoms with van der Waals surface area (Å²) in [5.74, 6) is 1.76. The molecular weight excluding hydrogens is 314 g/mol. The molecule has 134 valence electrons. The molecule has 0 radical (unpaired) electrons. The summed E-state index contributed by atoms with van der Waals surface area (Å²) in [6, 6.07) is 16.2. The first kappa shape index (κ1) is 17.8. The second-order valence-corrected chi connectivity index (χ2v) is 6.58. The van der Waals surface area contributed by atoms with Crippen molar-refractivity contribution in [2.45, 2.75) is 37.8 Å². The molecule has 1 aliphatic carbocycles. The second-order valence-electron chi connectivity index (χ2n) is 6.58. The fraction of sp³-hybridized carbons (Fsp3) is 0.429. The van der Waals surface area contributed by atoms with Crippen LogP contribution in [0.3, 0.4) is 0 Å². The highest BCUT2D eigenvalue weighted by Crippen LogP contribution is 2.28. The smallest absolute Gasteiger partial charge is 0.122 e. The lowest BCUT2D eigenvalue weighted by molar-refractivity contribution is 0.103. The number of para-hydroxylation sites is 1. The van der Waals surface area contributed by atoms with Crippen molar-refractivity contribution in [3.63, 3.8) is 0 Å². The van der Waals surface area contributed by atoms with E-state index >= 15 is 0 Å². The molecule has 0 spiro atoms. The predicted octanol–water partition coefficient (Wildman–Crippen LogP) is 2.97. The van der Waals surface area contributed by atoms with Crippen molar-refractivity contribution in [2.24, 2.45) is 0 Å². The minimum atomic E-state index is -0.527. The third kappa shape index (κ3) is 4.97. The van der Waals surface area contributed by atoms with Gasteiger partial charge in [-0.25, -0.2) is 0 Å². The summed E-state index contributed by atoms with van der Waals surface area (Å²) in [7, 11) is 1.73. The molecule has 0 aromatic heterocycles. The predicted molar refractivity (Wildman–Crippen MR) is 99.4 cm³/mol. The van der Waals surface area contributed by atoms with Gasteiger partial charge in [0.2, 0.25) is 0 Å². The first-order valence-electron chi connectivity index (χ1n) is 9.00. The van der Waals surface area contributed by atoms with Gasteiger partial charge in [-0.3, -0.25) is 0 Å². The molecule has 2 atom stereocenters. The van der Waals surface area contributed by atoms with Gasteiger partial charge in [0.15, 0.2) is 0 Å². The SMILES string of the molecule is COc1cccc2c1CC(NC[C@H](O)COc1ccccc1)CCC2. The largest absolute Gasteiger partial charge is 0.496 e. The molecule has 0 saturated heterocycles. The van der Waals surface area contributed by atoms with Crippen LogP contribution in [0.4, 0.5) is 0 Å². The normalized spacial score (nSPS) is 18.1. The summed E-state index contributed by atoms with van der Waals surface area (Å²) >= 11 is 0. The molecule has 0 amide bonds. The Kier molecular flexibility index (Phi) is 6.31. The Morgan fingerprint density at radius 2 is 2.00 bits per heavy atom. The van der Waals surface area contributed by atoms with Crippen molar-refractivity contribution >= 4 is 0 Å². The van der Waals surface area contributed by atoms with E-state index < -0.39 is 6.10 Å². The monoisotopic (exact) mass is 341 g/mol. The van der Waals surface area contributed by atoms with E-state index in [1.54, 1.807) is 7.11 Å². The molecule has 0 fully saturated rings. The summed E-state index contributed by atoms with van der Waals surface area (Å²) in [5.41, 5.74) is 2.69. The number of fused-ring (bicyclic) bond motifs is 1. The summed E-state index contributed by atoms with van der Waals surface area (Å²) in [6.45, 7) is 0.825. The van der Waals surface area contributed by atoms with Crippen molar-refractivity contribution in [3.8, 4) is 11.5 Å². The van der Waals surface area contributed by atoms with Crippen LogP contribution < -0.4 is 14.8 Å². The second kappa shape index (κ2) is 8.88. The van der Waals surface area contributed by atoms with Crippen molar-refractivity contribution < 1.29 is 14.6 Å². The maximum absolute atomic E-state index is 10.2. The fourth-order valence-corrected chi connectivity index (χ4v) is 3.40. The van der Waals surface area contributed by atoms with E-state index in [2.05, 4.69) is 17.4 Å². The highest BCUT2D eigenvalue weighted by Gasteiger charge is 2.20. The van der Waals surface area contributed by atoms with Gasteiger partial charge in [0.1, 0.15) is 24.2 Å². The number of methoxy groups -OCH3 is 1. The Morgan fingerprint density at radius 1 is 1.16 bits per heavy atom. The number of hydrogen-bond acceptors (Lipinski definition) is 4. The van der Waals surface area contributed by atoms with Crippen molar-refractivity contribution in [1.82, 2.24) is 5.32 Å². The molecule has 1 aliphatic rings. The van der Waals surface area contributed by atoms with E-state index in [0.717, 1.165) is 37.2 Å². The number of aliphatic hydroxyl groups excluding tert-OH is 1. The van der Waals surface area contributed by atoms with E-state index in [-0.39, 0.29) is 0 Å². The van der Waals surface area contributed by atoms with E-state index in [0.29, 0.717) is 19.2 Å². The third-order valence-electron chi connectivity index (χ3n) is 4.73. The maximum Gasteiger partial charge on any atom is 0.122 e. The maximum atomic E-state index is 10.2. The van der Waals surface area contributed by atoms with Crippen LogP contribution in [0.15, 0.2) is 48.5 Å². The van der Waals surface area contributed by atoms with Gasteiger partial charge in [-0.15, -0.1) is 0 Å². The summed E-state index contributed by atoms with van der Waals surface area (Å²) in [4.78, 5) is 0. The van der Waals surface area contributed by atoms with E-state index in [1.165, 1.54) is 11.1 Å². The van der Waals surface area contributed by atoms with E-state index in [4.69, 9.17) is 9.47 Å². The summed E-state index contributed by atoms with van der Waals surface area (Å²) in [6.07, 6.45) is 3.75. The number of aryl methyl sites for hydroxylation is 1. The number of benzene rings is 2. The molecule has 2 aromatic carbocycles. The summed E-state index contributed by atoms with van der Waals surface area (Å²) in [5, 5.41) is 13.7. The molecule has 3 rings (SSSR count). The molecule has 0 saturated carbocycles. The van der Waals surface area contributed by atoms with E-state index in [1.807, 2.05) is 36.4 Å². The summed E-state index contributed by atoms with van der Waals surface area (Å²) < 4.78 is 11.1. The zero-order valence-electron chi connectivity index (χ0n) is 14.8. The first-order valence-corrected chi connectivity index (χ1v) is 9.00. The molecular formula is C21H27NO3. The van der Waals surface area contributed by atoms with Crippen LogP contribution >= 0.6 is 0 Å². The molecule has 4 heteroatoms. The molecule has 0 heterocycles. The molecule has 2 aromatic rings. The number of rotatable bonds is 7. The standard InChI is InChI=1S/C21H27NO3/c1-24-21-12-6-8-16-7-5-9-17(13-20(16)21)22-14-18(23)15-25-19-10-3-2-4-11-19/h2-4,6,8,10-12,17-18,22-23H,5,7,9,13-15H2,1H3/t17?,18-/m0/s1. The van der Waals surface area contributed by atoms with Gasteiger partial charge in [-0.2, -0.15) is 0 Å². The number of ether oxygens (including phenoxy) is 2. The van der Waals surface area contributed by atoms with Gasteiger partial charge < -0.3 is 19.9 Å². The van der Waals surface area contributed by atoms with Gasteiger partial charge in [-0.05, 0) is 55.0 Å². The highest BCUT2D eigenvalue weighted by molar-refractivity contribution is 5.41. The number of hydrogen-bond donors (Lipinski definition) is 2. The van der Waals surface area contributed by atoms with Gasteiger partial charge in [0, 0.05) is 12.6 Å². The van der Waals surface area contributed by atoms with Gasteiger partial charge in [0.05, 0.1) is 7.11 Å². The van der Waals surface area contributed by atoms with Crippen LogP contribution in [0.2, 0.25) is 0 Å². The lowest BCUT2D eigenvalue weighted by Crippen LogP contribution is -2.39. The molecule has 4 nitrogen and oxygen atoms in total. The van der Waals surface area contributed by atoms with Gasteiger partial charge >= 0.3 is 0 Å². The van der Waals surface area contributed by atoms with E-state index in [9.17, 15) is 5.11 Å². The lowest BCUT2D eigenvalue weighted by Gasteiger charge is -2.20. The van der Waals surface area contributed by atoms with Crippen molar-refractivity contribution in [3.05, 3.63) is 59.7 Å². The average Bonchev–Trinajstić information content (AvgIpc) is 2.87. The first-order chi connectivity index (χ1) is 12.3. The Balaban J connectivity index is 1.51. The Labute approximate surface area is 149 Å². The Hall–Kier alpha value is -2.04. The quantitative estimate of drug-likeness (QED) is 0.760. The topological polar surface area (TPSA) is 50.7 Å². The molecule has 25 heavy (non-hydrogen) atoms. The lowest BCUT2D eigenvalue weighted by atomic mass is 10.0. The van der Waals surface area contributed by atoms with Crippen molar-refractivity contribution in [1.29, 1.82) is 0 Å². The van der Waals surface area contributed by atoms with Crippen LogP contribution in [0.5, 0.6) is 11.5 Å². The Bertz CT molecular complexity index is 659. The molecule has 1 unspecified atom stereocenters. The number of nitrogens with one attached hydrogen (secondary N) is 1. The minimum Gasteiger partial charge on any atom is -0.496 e. The minimum absolute atomic E-state index is 0.295. The van der Waals surface area contributed by atoms with Crippen LogP contribution in [-0.2, 0) is 12.8 Å². The zero-order chi connectivity index (χ0) is 17.5. The van der Waals surface area contributed by atoms with Crippen LogP contribution in [-0.4, -0.2) is 37.5 Å². The van der Waals surface area contributed by atoms with Crippen LogP contribution in [0.1, 0.15) is 24.0 Å². The highest BCUT2D eigenvalue weighted by atomic mass is 16.5. The van der Waals surface area contributed by atoms with Crippen molar-refractivity contribution in [2.75, 3.05) is 20.3 Å². The number of aliphatic hydroxyl groups is 1. The van der Waals surface area contributed by atoms with Gasteiger partial charge in [0.25, 0.3) is 0 Å². The Morgan fingerprint density at radius 3 is 2.80 bits per heavy atom. The van der Waals surface area contributed by atoms with Gasteiger partial charge in [-0.1, -0.05) is 30.3 Å². The molecule has 0 bridgehead atoms. The molecule has 2 N–H and O–H groups in total. The molecule has 0 aliphatic heterocycles. The zero-order valence-corrected chi connectivity index (χ0v) is 14.8. The average molecular weight is 341 g/mol. The van der Waals surface area contributed by atoms with Crippen LogP contribution in [0.25, 0.3) is 0 Å². The third-order valence-corrected chi connectivity index (χ3v) is 4.73. The van der Waals surface area contributed by atoms with Crippen LogP contribution in [0, 0.1) is 0 Å². The fourth-order valence-electron chi connectivity index (χ4n) is 3.40.